The minimum atomic E-state index is -0.0721. The highest BCUT2D eigenvalue weighted by Gasteiger charge is 2.21. The average Bonchev–Trinajstić information content (AvgIpc) is 3.23. The Bertz CT molecular complexity index is 1020. The summed E-state index contributed by atoms with van der Waals surface area (Å²) in [6.45, 7) is 3.31. The summed E-state index contributed by atoms with van der Waals surface area (Å²) in [6, 6.07) is 9.80. The third-order valence-electron chi connectivity index (χ3n) is 5.07. The lowest BCUT2D eigenvalue weighted by atomic mass is 10.2. The molecule has 4 rings (SSSR count). The van der Waals surface area contributed by atoms with Crippen LogP contribution in [0.25, 0.3) is 10.2 Å². The Labute approximate surface area is 166 Å². The van der Waals surface area contributed by atoms with E-state index in [9.17, 15) is 9.59 Å². The summed E-state index contributed by atoms with van der Waals surface area (Å²) in [5.74, 6) is 0.913. The second-order valence-electron chi connectivity index (χ2n) is 6.69. The number of rotatable bonds is 5. The number of amides is 1. The fourth-order valence-corrected chi connectivity index (χ4v) is 4.21. The monoisotopic (exact) mass is 398 g/mol. The van der Waals surface area contributed by atoms with Gasteiger partial charge in [0.2, 0.25) is 5.91 Å². The van der Waals surface area contributed by atoms with Gasteiger partial charge in [0.25, 0.3) is 5.56 Å². The number of ether oxygens (including phenoxy) is 1. The van der Waals surface area contributed by atoms with Crippen molar-refractivity contribution in [1.82, 2.24) is 14.5 Å². The van der Waals surface area contributed by atoms with E-state index < -0.39 is 0 Å². The van der Waals surface area contributed by atoms with Crippen molar-refractivity contribution in [2.24, 2.45) is 0 Å². The normalized spacial score (nSPS) is 14.5. The number of nitrogens with zero attached hydrogens (tertiary/aromatic N) is 4. The van der Waals surface area contributed by atoms with Crippen LogP contribution in [0.5, 0.6) is 5.75 Å². The summed E-state index contributed by atoms with van der Waals surface area (Å²) in [5.41, 5.74) is 1.78. The van der Waals surface area contributed by atoms with Crippen molar-refractivity contribution in [2.75, 3.05) is 38.2 Å². The highest BCUT2D eigenvalue weighted by molar-refractivity contribution is 7.17. The SMILES string of the molecule is COc1ccc(N2CCN(C(=O)CCn3cnc4ccsc4c3=O)CC2)cc1. The molecule has 7 nitrogen and oxygen atoms in total. The first kappa shape index (κ1) is 18.5. The van der Waals surface area contributed by atoms with Crippen molar-refractivity contribution in [3.05, 3.63) is 52.4 Å². The minimum Gasteiger partial charge on any atom is -0.497 e. The summed E-state index contributed by atoms with van der Waals surface area (Å²) < 4.78 is 7.37. The molecule has 0 spiro atoms. The van der Waals surface area contributed by atoms with Crippen LogP contribution in [-0.2, 0) is 11.3 Å². The lowest BCUT2D eigenvalue weighted by Gasteiger charge is -2.36. The molecule has 1 amide bonds. The van der Waals surface area contributed by atoms with Crippen LogP contribution in [0.15, 0.2) is 46.8 Å². The molecule has 146 valence electrons. The molecule has 0 atom stereocenters. The zero-order chi connectivity index (χ0) is 19.5. The van der Waals surface area contributed by atoms with Gasteiger partial charge in [-0.3, -0.25) is 14.2 Å². The Balaban J connectivity index is 1.32. The number of carbonyl (C=O) groups excluding carboxylic acids is 1. The summed E-state index contributed by atoms with van der Waals surface area (Å²) in [7, 11) is 1.65. The Morgan fingerprint density at radius 2 is 1.89 bits per heavy atom. The molecule has 1 aliphatic heterocycles. The van der Waals surface area contributed by atoms with Crippen LogP contribution in [0.1, 0.15) is 6.42 Å². The Morgan fingerprint density at radius 3 is 2.61 bits per heavy atom. The van der Waals surface area contributed by atoms with E-state index in [2.05, 4.69) is 9.88 Å². The highest BCUT2D eigenvalue weighted by Crippen LogP contribution is 2.20. The van der Waals surface area contributed by atoms with Gasteiger partial charge in [-0.05, 0) is 35.7 Å². The molecule has 0 saturated carbocycles. The van der Waals surface area contributed by atoms with Gasteiger partial charge in [-0.1, -0.05) is 0 Å². The number of benzene rings is 1. The predicted molar refractivity (Wildman–Crippen MR) is 110 cm³/mol. The number of methoxy groups -OCH3 is 1. The molecular formula is C20H22N4O3S. The van der Waals surface area contributed by atoms with Gasteiger partial charge in [0.1, 0.15) is 10.4 Å². The summed E-state index contributed by atoms with van der Waals surface area (Å²) in [5, 5.41) is 1.86. The van der Waals surface area contributed by atoms with Gasteiger partial charge in [0.15, 0.2) is 0 Å². The zero-order valence-electron chi connectivity index (χ0n) is 15.7. The van der Waals surface area contributed by atoms with E-state index in [0.29, 0.717) is 36.3 Å². The van der Waals surface area contributed by atoms with Gasteiger partial charge in [0.05, 0.1) is 19.0 Å². The summed E-state index contributed by atoms with van der Waals surface area (Å²) >= 11 is 1.39. The molecule has 0 radical (unpaired) electrons. The van der Waals surface area contributed by atoms with Gasteiger partial charge < -0.3 is 14.5 Å². The number of hydrogen-bond acceptors (Lipinski definition) is 6. The fourth-order valence-electron chi connectivity index (χ4n) is 3.42. The van der Waals surface area contributed by atoms with Gasteiger partial charge in [-0.2, -0.15) is 0 Å². The molecule has 1 fully saturated rings. The first-order valence-electron chi connectivity index (χ1n) is 9.25. The molecule has 1 aromatic carbocycles. The maximum atomic E-state index is 12.6. The lowest BCUT2D eigenvalue weighted by molar-refractivity contribution is -0.131. The summed E-state index contributed by atoms with van der Waals surface area (Å²) in [4.78, 5) is 33.4. The number of carbonyl (C=O) groups is 1. The van der Waals surface area contributed by atoms with E-state index in [1.165, 1.54) is 22.2 Å². The third-order valence-corrected chi connectivity index (χ3v) is 5.96. The van der Waals surface area contributed by atoms with Crippen molar-refractivity contribution < 1.29 is 9.53 Å². The minimum absolute atomic E-state index is 0.0721. The Hall–Kier alpha value is -2.87. The molecule has 3 aromatic rings. The maximum Gasteiger partial charge on any atom is 0.271 e. The van der Waals surface area contributed by atoms with Crippen LogP contribution >= 0.6 is 11.3 Å². The van der Waals surface area contributed by atoms with E-state index in [1.54, 1.807) is 7.11 Å². The molecule has 0 unspecified atom stereocenters. The second-order valence-corrected chi connectivity index (χ2v) is 7.61. The predicted octanol–water partition coefficient (Wildman–Crippen LogP) is 2.21. The first-order chi connectivity index (χ1) is 13.7. The fraction of sp³-hybridized carbons (Fsp3) is 0.350. The van der Waals surface area contributed by atoms with Gasteiger partial charge in [-0.25, -0.2) is 4.98 Å². The molecule has 3 heterocycles. The van der Waals surface area contributed by atoms with Crippen LogP contribution in [0.4, 0.5) is 5.69 Å². The van der Waals surface area contributed by atoms with Crippen molar-refractivity contribution in [1.29, 1.82) is 0 Å². The quantitative estimate of drug-likeness (QED) is 0.659. The van der Waals surface area contributed by atoms with E-state index >= 15 is 0 Å². The van der Waals surface area contributed by atoms with Crippen molar-refractivity contribution >= 4 is 33.1 Å². The van der Waals surface area contributed by atoms with Crippen molar-refractivity contribution in [3.63, 3.8) is 0 Å². The van der Waals surface area contributed by atoms with E-state index in [0.717, 1.165) is 24.5 Å². The number of thiophene rings is 1. The smallest absolute Gasteiger partial charge is 0.271 e. The summed E-state index contributed by atoms with van der Waals surface area (Å²) in [6.07, 6.45) is 1.84. The Morgan fingerprint density at radius 1 is 1.14 bits per heavy atom. The molecule has 0 N–H and O–H groups in total. The molecule has 2 aromatic heterocycles. The number of hydrogen-bond donors (Lipinski definition) is 0. The maximum absolute atomic E-state index is 12.6. The van der Waals surface area contributed by atoms with Crippen molar-refractivity contribution in [3.8, 4) is 5.75 Å². The highest BCUT2D eigenvalue weighted by atomic mass is 32.1. The van der Waals surface area contributed by atoms with E-state index in [1.807, 2.05) is 40.6 Å². The number of aryl methyl sites for hydroxylation is 1. The number of anilines is 1. The second kappa shape index (κ2) is 8.02. The van der Waals surface area contributed by atoms with Crippen LogP contribution in [0, 0.1) is 0 Å². The average molecular weight is 398 g/mol. The molecule has 0 aliphatic carbocycles. The first-order valence-corrected chi connectivity index (χ1v) is 10.1. The standard InChI is InChI=1S/C20H22N4O3S/c1-27-16-4-2-15(3-5-16)22-9-11-23(12-10-22)18(25)6-8-24-14-21-17-7-13-28-19(17)20(24)26/h2-5,7,13-14H,6,8-12H2,1H3. The van der Waals surface area contributed by atoms with Gasteiger partial charge in [0, 0.05) is 44.8 Å². The number of aromatic nitrogens is 2. The molecule has 0 bridgehead atoms. The molecule has 28 heavy (non-hydrogen) atoms. The third kappa shape index (κ3) is 3.73. The molecular weight excluding hydrogens is 376 g/mol. The van der Waals surface area contributed by atoms with Crippen LogP contribution in [0.3, 0.4) is 0 Å². The number of piperazine rings is 1. The molecule has 1 aliphatic rings. The lowest BCUT2D eigenvalue weighted by Crippen LogP contribution is -2.49. The van der Waals surface area contributed by atoms with Crippen LogP contribution in [-0.4, -0.2) is 53.6 Å². The Kier molecular flexibility index (Phi) is 5.29. The molecule has 1 saturated heterocycles. The van der Waals surface area contributed by atoms with Gasteiger partial charge in [-0.15, -0.1) is 11.3 Å². The van der Waals surface area contributed by atoms with Crippen LogP contribution < -0.4 is 15.2 Å². The van der Waals surface area contributed by atoms with E-state index in [-0.39, 0.29) is 11.5 Å². The van der Waals surface area contributed by atoms with Gasteiger partial charge >= 0.3 is 0 Å². The van der Waals surface area contributed by atoms with Crippen LogP contribution in [0.2, 0.25) is 0 Å². The largest absolute Gasteiger partial charge is 0.497 e. The molecule has 8 heteroatoms. The van der Waals surface area contributed by atoms with E-state index in [4.69, 9.17) is 4.74 Å². The zero-order valence-corrected chi connectivity index (χ0v) is 16.5. The topological polar surface area (TPSA) is 67.7 Å². The van der Waals surface area contributed by atoms with Crippen molar-refractivity contribution in [2.45, 2.75) is 13.0 Å². The number of fused-ring (bicyclic) bond motifs is 1.